The number of nitrogens with zero attached hydrogens (tertiary/aromatic N) is 1. The summed E-state index contributed by atoms with van der Waals surface area (Å²) in [5.41, 5.74) is 15.2. The quantitative estimate of drug-likeness (QED) is 0.0717. The molecule has 1 nitrogen and oxygen atoms in total. The Hall–Kier alpha value is -2.93. The van der Waals surface area contributed by atoms with Crippen LogP contribution in [0.1, 0.15) is 171 Å². The van der Waals surface area contributed by atoms with E-state index in [1.807, 2.05) is 0 Å². The summed E-state index contributed by atoms with van der Waals surface area (Å²) in [4.78, 5) is 5.35. The highest BCUT2D eigenvalue weighted by atomic mass is 14.7. The fraction of sp³-hybridized carbons (Fsp3) is 0.553. The lowest BCUT2D eigenvalue weighted by Crippen LogP contribution is -2.02. The summed E-state index contributed by atoms with van der Waals surface area (Å²) in [6.07, 6.45) is 26.6. The first-order valence-electron chi connectivity index (χ1n) is 20.0. The molecule has 0 N–H and O–H groups in total. The van der Waals surface area contributed by atoms with Crippen LogP contribution in [0.25, 0.3) is 17.2 Å². The highest BCUT2D eigenvalue weighted by Gasteiger charge is 2.13. The van der Waals surface area contributed by atoms with Crippen LogP contribution < -0.4 is 0 Å². The zero-order valence-corrected chi connectivity index (χ0v) is 32.2. The third-order valence-electron chi connectivity index (χ3n) is 10.3. The molecule has 48 heavy (non-hydrogen) atoms. The van der Waals surface area contributed by atoms with E-state index in [2.05, 4.69) is 109 Å². The van der Waals surface area contributed by atoms with Gasteiger partial charge in [0.15, 0.2) is 0 Å². The number of aliphatic imine (C=N–C) groups is 1. The van der Waals surface area contributed by atoms with Crippen LogP contribution >= 0.6 is 0 Å². The van der Waals surface area contributed by atoms with Crippen molar-refractivity contribution in [2.75, 3.05) is 0 Å². The van der Waals surface area contributed by atoms with Gasteiger partial charge in [-0.2, -0.15) is 0 Å². The van der Waals surface area contributed by atoms with E-state index in [4.69, 9.17) is 4.99 Å². The van der Waals surface area contributed by atoms with Gasteiger partial charge in [0.05, 0.1) is 5.69 Å². The van der Waals surface area contributed by atoms with Crippen molar-refractivity contribution in [3.8, 4) is 11.1 Å². The van der Waals surface area contributed by atoms with Gasteiger partial charge in [0, 0.05) is 5.71 Å². The zero-order chi connectivity index (χ0) is 34.6. The van der Waals surface area contributed by atoms with Crippen LogP contribution in [0.15, 0.2) is 65.2 Å². The van der Waals surface area contributed by atoms with Gasteiger partial charge >= 0.3 is 0 Å². The Morgan fingerprint density at radius 3 is 1.81 bits per heavy atom. The molecule has 0 atom stereocenters. The van der Waals surface area contributed by atoms with Crippen molar-refractivity contribution in [1.29, 1.82) is 0 Å². The summed E-state index contributed by atoms with van der Waals surface area (Å²) in [5.74, 6) is 0. The maximum absolute atomic E-state index is 5.35. The molecule has 1 heteroatoms. The normalized spacial score (nSPS) is 12.2. The van der Waals surface area contributed by atoms with E-state index in [9.17, 15) is 0 Å². The first kappa shape index (κ1) is 39.5. The Morgan fingerprint density at radius 1 is 0.604 bits per heavy atom. The van der Waals surface area contributed by atoms with Crippen molar-refractivity contribution in [2.24, 2.45) is 4.99 Å². The summed E-state index contributed by atoms with van der Waals surface area (Å²) in [6, 6.07) is 20.6. The molecule has 3 aromatic rings. The Kier molecular flexibility index (Phi) is 18.6. The van der Waals surface area contributed by atoms with Crippen LogP contribution in [0, 0.1) is 6.92 Å². The van der Waals surface area contributed by atoms with E-state index in [0.29, 0.717) is 0 Å². The molecule has 0 aromatic heterocycles. The molecule has 3 aromatic carbocycles. The predicted molar refractivity (Wildman–Crippen MR) is 216 cm³/mol. The smallest absolute Gasteiger partial charge is 0.0638 e. The number of allylic oxidation sites excluding steroid dienone is 1. The van der Waals surface area contributed by atoms with Crippen LogP contribution in [0.3, 0.4) is 0 Å². The molecule has 0 aliphatic rings. The van der Waals surface area contributed by atoms with E-state index in [-0.39, 0.29) is 0 Å². The highest BCUT2D eigenvalue weighted by molar-refractivity contribution is 6.03. The topological polar surface area (TPSA) is 12.4 Å². The van der Waals surface area contributed by atoms with Gasteiger partial charge in [-0.3, -0.25) is 4.99 Å². The highest BCUT2D eigenvalue weighted by Crippen LogP contribution is 2.31. The van der Waals surface area contributed by atoms with E-state index < -0.39 is 0 Å². The molecule has 262 valence electrons. The van der Waals surface area contributed by atoms with E-state index in [0.717, 1.165) is 30.7 Å². The standard InChI is InChI=1S/C47H69N/c1-8-13-16-18-20-23-30-44-36-45(35-41(12-5)46(44)31-26-21-19-17-14-9-2)48-38(7)40(11-4)32-39-33-43(27-15-10-3)37(6)47(34-39)42-28-24-22-25-29-42/h22,24-25,28-29,32-36H,8-21,23,26-27,30-31H2,1-7H3. The van der Waals surface area contributed by atoms with E-state index in [1.165, 1.54) is 142 Å². The van der Waals surface area contributed by atoms with Crippen molar-refractivity contribution in [3.05, 3.63) is 93.6 Å². The van der Waals surface area contributed by atoms with Crippen LogP contribution in [0.2, 0.25) is 0 Å². The number of hydrogen-bond acceptors (Lipinski definition) is 1. The summed E-state index contributed by atoms with van der Waals surface area (Å²) in [6.45, 7) is 16.0. The zero-order valence-electron chi connectivity index (χ0n) is 32.2. The molecule has 0 amide bonds. The van der Waals surface area contributed by atoms with Crippen LogP contribution in [-0.4, -0.2) is 5.71 Å². The fourth-order valence-corrected chi connectivity index (χ4v) is 7.24. The molecule has 3 rings (SSSR count). The number of rotatable bonds is 23. The molecule has 0 bridgehead atoms. The van der Waals surface area contributed by atoms with Crippen LogP contribution in [-0.2, 0) is 25.7 Å². The van der Waals surface area contributed by atoms with Crippen molar-refractivity contribution < 1.29 is 0 Å². The third kappa shape index (κ3) is 12.8. The molecular formula is C47H69N. The second-order valence-electron chi connectivity index (χ2n) is 14.2. The van der Waals surface area contributed by atoms with Crippen LogP contribution in [0.5, 0.6) is 0 Å². The van der Waals surface area contributed by atoms with Gasteiger partial charge in [-0.05, 0) is 140 Å². The van der Waals surface area contributed by atoms with Crippen molar-refractivity contribution in [2.45, 2.75) is 170 Å². The molecule has 0 spiro atoms. The molecule has 0 saturated carbocycles. The first-order valence-corrected chi connectivity index (χ1v) is 20.0. The monoisotopic (exact) mass is 648 g/mol. The second-order valence-corrected chi connectivity index (χ2v) is 14.2. The molecule has 0 fully saturated rings. The van der Waals surface area contributed by atoms with Gasteiger partial charge in [-0.1, -0.05) is 142 Å². The van der Waals surface area contributed by atoms with Crippen molar-refractivity contribution >= 4 is 17.5 Å². The Balaban J connectivity index is 1.95. The van der Waals surface area contributed by atoms with E-state index >= 15 is 0 Å². The van der Waals surface area contributed by atoms with Gasteiger partial charge < -0.3 is 0 Å². The molecule has 0 aliphatic heterocycles. The van der Waals surface area contributed by atoms with Gasteiger partial charge in [0.1, 0.15) is 0 Å². The summed E-state index contributed by atoms with van der Waals surface area (Å²) >= 11 is 0. The predicted octanol–water partition coefficient (Wildman–Crippen LogP) is 15.0. The molecule has 0 heterocycles. The molecule has 0 radical (unpaired) electrons. The number of hydrogen-bond donors (Lipinski definition) is 0. The first-order chi connectivity index (χ1) is 23.4. The summed E-state index contributed by atoms with van der Waals surface area (Å²) < 4.78 is 0. The number of aryl methyl sites for hydroxylation is 3. The lowest BCUT2D eigenvalue weighted by molar-refractivity contribution is 0.598. The summed E-state index contributed by atoms with van der Waals surface area (Å²) in [5, 5.41) is 0. The maximum Gasteiger partial charge on any atom is 0.0638 e. The molecule has 0 saturated heterocycles. The molecule has 0 aliphatic carbocycles. The van der Waals surface area contributed by atoms with Crippen LogP contribution in [0.4, 0.5) is 5.69 Å². The molecule has 0 unspecified atom stereocenters. The van der Waals surface area contributed by atoms with Gasteiger partial charge in [-0.15, -0.1) is 0 Å². The number of unbranched alkanes of at least 4 members (excludes halogenated alkanes) is 11. The van der Waals surface area contributed by atoms with Crippen molar-refractivity contribution in [3.63, 3.8) is 0 Å². The van der Waals surface area contributed by atoms with Crippen molar-refractivity contribution in [1.82, 2.24) is 0 Å². The lowest BCUT2D eigenvalue weighted by Gasteiger charge is -2.17. The second kappa shape index (κ2) is 22.7. The SMILES string of the molecule is CCCCCCCCc1cc(N=C(C)C(=Cc2cc(CCCC)c(C)c(-c3ccccc3)c2)CC)cc(CC)c1CCCCCCCC. The van der Waals surface area contributed by atoms with Gasteiger partial charge in [0.2, 0.25) is 0 Å². The van der Waals surface area contributed by atoms with Gasteiger partial charge in [0.25, 0.3) is 0 Å². The average molecular weight is 648 g/mol. The minimum Gasteiger partial charge on any atom is -0.253 e. The Bertz CT molecular complexity index is 1410. The minimum atomic E-state index is 0.968. The summed E-state index contributed by atoms with van der Waals surface area (Å²) in [7, 11) is 0. The lowest BCUT2D eigenvalue weighted by atomic mass is 9.90. The van der Waals surface area contributed by atoms with Gasteiger partial charge in [-0.25, -0.2) is 0 Å². The number of benzene rings is 3. The third-order valence-corrected chi connectivity index (χ3v) is 10.3. The van der Waals surface area contributed by atoms with E-state index in [1.54, 1.807) is 11.1 Å². The average Bonchev–Trinajstić information content (AvgIpc) is 3.10. The Morgan fingerprint density at radius 2 is 1.19 bits per heavy atom. The minimum absolute atomic E-state index is 0.968. The fourth-order valence-electron chi connectivity index (χ4n) is 7.24. The largest absolute Gasteiger partial charge is 0.253 e. The molecular weight excluding hydrogens is 579 g/mol. The maximum atomic E-state index is 5.35. The Labute approximate surface area is 296 Å².